The number of benzene rings is 1. The second-order valence-electron chi connectivity index (χ2n) is 4.53. The molecule has 0 aromatic heterocycles. The molecule has 1 atom stereocenters. The third kappa shape index (κ3) is 3.67. The Labute approximate surface area is 118 Å². The Kier molecular flexibility index (Phi) is 4.74. The van der Waals surface area contributed by atoms with E-state index >= 15 is 0 Å². The number of hydrogen-bond donors (Lipinski definition) is 1. The molecule has 0 aliphatic carbocycles. The first-order chi connectivity index (χ1) is 9.18. The molecule has 1 fully saturated rings. The van der Waals surface area contributed by atoms with Crippen molar-refractivity contribution in [1.29, 1.82) is 0 Å². The number of rotatable bonds is 6. The van der Waals surface area contributed by atoms with E-state index in [2.05, 4.69) is 5.32 Å². The lowest BCUT2D eigenvalue weighted by atomic mass is 10.3. The summed E-state index contributed by atoms with van der Waals surface area (Å²) >= 11 is 5.11. The summed E-state index contributed by atoms with van der Waals surface area (Å²) in [6.45, 7) is 3.14. The van der Waals surface area contributed by atoms with Crippen LogP contribution in [0.4, 0.5) is 0 Å². The van der Waals surface area contributed by atoms with Gasteiger partial charge in [-0.05, 0) is 44.1 Å². The van der Waals surface area contributed by atoms with Gasteiger partial charge in [0.15, 0.2) is 5.11 Å². The van der Waals surface area contributed by atoms with Gasteiger partial charge in [0.05, 0.1) is 6.61 Å². The zero-order chi connectivity index (χ0) is 13.7. The molecule has 0 saturated carbocycles. The van der Waals surface area contributed by atoms with E-state index in [0.29, 0.717) is 18.3 Å². The van der Waals surface area contributed by atoms with Gasteiger partial charge in [-0.2, -0.15) is 0 Å². The number of carbonyl (C=O) groups excluding carboxylic acids is 1. The van der Waals surface area contributed by atoms with Crippen LogP contribution in [0.3, 0.4) is 0 Å². The lowest BCUT2D eigenvalue weighted by Crippen LogP contribution is -2.32. The van der Waals surface area contributed by atoms with Crippen molar-refractivity contribution in [3.8, 4) is 5.75 Å². The normalized spacial score (nSPS) is 18.6. The van der Waals surface area contributed by atoms with Crippen LogP contribution in [0.5, 0.6) is 5.75 Å². The summed E-state index contributed by atoms with van der Waals surface area (Å²) in [5.74, 6) is 0.944. The lowest BCUT2D eigenvalue weighted by molar-refractivity contribution is -0.126. The summed E-state index contributed by atoms with van der Waals surface area (Å²) < 4.78 is 5.59. The molecular formula is C14H18N2O2S. The van der Waals surface area contributed by atoms with Gasteiger partial charge in [-0.1, -0.05) is 18.2 Å². The highest BCUT2D eigenvalue weighted by Gasteiger charge is 2.31. The summed E-state index contributed by atoms with van der Waals surface area (Å²) in [6, 6.07) is 9.54. The minimum absolute atomic E-state index is 0.0639. The fourth-order valence-corrected chi connectivity index (χ4v) is 2.31. The molecule has 2 rings (SSSR count). The Hall–Kier alpha value is -1.62. The maximum absolute atomic E-state index is 11.7. The van der Waals surface area contributed by atoms with Crippen molar-refractivity contribution in [3.63, 3.8) is 0 Å². The van der Waals surface area contributed by atoms with Gasteiger partial charge in [0, 0.05) is 6.54 Å². The summed E-state index contributed by atoms with van der Waals surface area (Å²) in [4.78, 5) is 13.4. The van der Waals surface area contributed by atoms with Crippen LogP contribution in [0, 0.1) is 0 Å². The van der Waals surface area contributed by atoms with Crippen LogP contribution in [-0.4, -0.2) is 35.1 Å². The molecule has 1 aromatic rings. The average molecular weight is 278 g/mol. The monoisotopic (exact) mass is 278 g/mol. The van der Waals surface area contributed by atoms with Crippen LogP contribution in [0.25, 0.3) is 0 Å². The van der Waals surface area contributed by atoms with Crippen LogP contribution >= 0.6 is 12.2 Å². The molecule has 1 heterocycles. The quantitative estimate of drug-likeness (QED) is 0.638. The molecule has 0 bridgehead atoms. The highest BCUT2D eigenvalue weighted by molar-refractivity contribution is 7.80. The van der Waals surface area contributed by atoms with Gasteiger partial charge in [0.1, 0.15) is 11.8 Å². The predicted octanol–water partition coefficient (Wildman–Crippen LogP) is 1.95. The topological polar surface area (TPSA) is 41.6 Å². The number of carbonyl (C=O) groups is 1. The zero-order valence-electron chi connectivity index (χ0n) is 11.0. The fourth-order valence-electron chi connectivity index (χ4n) is 1.95. The van der Waals surface area contributed by atoms with Crippen LogP contribution < -0.4 is 10.1 Å². The number of hydrogen-bond acceptors (Lipinski definition) is 3. The van der Waals surface area contributed by atoms with E-state index < -0.39 is 0 Å². The minimum Gasteiger partial charge on any atom is -0.494 e. The molecule has 1 amide bonds. The first-order valence-corrected chi connectivity index (χ1v) is 6.89. The highest BCUT2D eigenvalue weighted by Crippen LogP contribution is 2.10. The first kappa shape index (κ1) is 13.8. The Morgan fingerprint density at radius 3 is 2.68 bits per heavy atom. The zero-order valence-corrected chi connectivity index (χ0v) is 11.8. The fraction of sp³-hybridized carbons (Fsp3) is 0.429. The van der Waals surface area contributed by atoms with Gasteiger partial charge < -0.3 is 10.1 Å². The number of nitrogens with zero attached hydrogens (tertiary/aromatic N) is 1. The predicted molar refractivity (Wildman–Crippen MR) is 78.1 cm³/mol. The molecule has 102 valence electrons. The number of unbranched alkanes of at least 4 members (excludes halogenated alkanes) is 1. The summed E-state index contributed by atoms with van der Waals surface area (Å²) in [7, 11) is 0. The first-order valence-electron chi connectivity index (χ1n) is 6.48. The molecule has 5 heteroatoms. The molecule has 1 aliphatic heterocycles. The third-order valence-electron chi connectivity index (χ3n) is 3.01. The van der Waals surface area contributed by atoms with Crippen LogP contribution in [0.2, 0.25) is 0 Å². The van der Waals surface area contributed by atoms with E-state index in [1.165, 1.54) is 0 Å². The van der Waals surface area contributed by atoms with Crippen molar-refractivity contribution in [1.82, 2.24) is 10.2 Å². The SMILES string of the molecule is C[C@H]1NC(=S)N(CCCCOc2ccccc2)C1=O. The number of amides is 1. The van der Waals surface area contributed by atoms with E-state index in [1.54, 1.807) is 4.90 Å². The molecule has 0 radical (unpaired) electrons. The second-order valence-corrected chi connectivity index (χ2v) is 4.92. The molecule has 1 aromatic carbocycles. The van der Waals surface area contributed by atoms with E-state index in [1.807, 2.05) is 37.3 Å². The molecule has 4 nitrogen and oxygen atoms in total. The molecule has 1 saturated heterocycles. The Morgan fingerprint density at radius 1 is 1.32 bits per heavy atom. The van der Waals surface area contributed by atoms with Crippen molar-refractivity contribution in [2.75, 3.05) is 13.2 Å². The Morgan fingerprint density at radius 2 is 2.05 bits per heavy atom. The van der Waals surface area contributed by atoms with E-state index in [-0.39, 0.29) is 11.9 Å². The minimum atomic E-state index is -0.187. The number of nitrogens with one attached hydrogen (secondary N) is 1. The van der Waals surface area contributed by atoms with E-state index in [9.17, 15) is 4.79 Å². The maximum atomic E-state index is 11.7. The lowest BCUT2D eigenvalue weighted by Gasteiger charge is -2.14. The maximum Gasteiger partial charge on any atom is 0.250 e. The smallest absolute Gasteiger partial charge is 0.250 e. The van der Waals surface area contributed by atoms with Gasteiger partial charge >= 0.3 is 0 Å². The van der Waals surface area contributed by atoms with Gasteiger partial charge in [0.2, 0.25) is 0 Å². The Bertz CT molecular complexity index is 450. The van der Waals surface area contributed by atoms with Crippen LogP contribution in [0.1, 0.15) is 19.8 Å². The number of para-hydroxylation sites is 1. The molecular weight excluding hydrogens is 260 g/mol. The van der Waals surface area contributed by atoms with Crippen LogP contribution in [0.15, 0.2) is 30.3 Å². The Balaban J connectivity index is 1.65. The highest BCUT2D eigenvalue weighted by atomic mass is 32.1. The number of thiocarbonyl (C=S) groups is 1. The average Bonchev–Trinajstić information content (AvgIpc) is 2.65. The summed E-state index contributed by atoms with van der Waals surface area (Å²) in [5, 5.41) is 3.50. The second kappa shape index (κ2) is 6.52. The van der Waals surface area contributed by atoms with Crippen LogP contribution in [-0.2, 0) is 4.79 Å². The van der Waals surface area contributed by atoms with Crippen molar-refractivity contribution >= 4 is 23.2 Å². The molecule has 1 N–H and O–H groups in total. The van der Waals surface area contributed by atoms with Crippen molar-refractivity contribution in [2.45, 2.75) is 25.8 Å². The van der Waals surface area contributed by atoms with Crippen molar-refractivity contribution in [3.05, 3.63) is 30.3 Å². The van der Waals surface area contributed by atoms with Gasteiger partial charge in [-0.3, -0.25) is 9.69 Å². The van der Waals surface area contributed by atoms with Gasteiger partial charge in [0.25, 0.3) is 5.91 Å². The third-order valence-corrected chi connectivity index (χ3v) is 3.35. The molecule has 0 unspecified atom stereocenters. The van der Waals surface area contributed by atoms with E-state index in [0.717, 1.165) is 18.6 Å². The van der Waals surface area contributed by atoms with Gasteiger partial charge in [-0.25, -0.2) is 0 Å². The number of ether oxygens (including phenoxy) is 1. The molecule has 19 heavy (non-hydrogen) atoms. The molecule has 0 spiro atoms. The standard InChI is InChI=1S/C14H18N2O2S/c1-11-13(17)16(14(19)15-11)9-5-6-10-18-12-7-3-2-4-8-12/h2-4,7-8,11H,5-6,9-10H2,1H3,(H,15,19)/t11-/m1/s1. The van der Waals surface area contributed by atoms with E-state index in [4.69, 9.17) is 17.0 Å². The van der Waals surface area contributed by atoms with Crippen molar-refractivity contribution < 1.29 is 9.53 Å². The summed E-state index contributed by atoms with van der Waals surface area (Å²) in [5.41, 5.74) is 0. The van der Waals surface area contributed by atoms with Gasteiger partial charge in [-0.15, -0.1) is 0 Å². The van der Waals surface area contributed by atoms with Crippen molar-refractivity contribution in [2.24, 2.45) is 0 Å². The largest absolute Gasteiger partial charge is 0.494 e. The summed E-state index contributed by atoms with van der Waals surface area (Å²) in [6.07, 6.45) is 1.78. The molecule has 1 aliphatic rings.